The summed E-state index contributed by atoms with van der Waals surface area (Å²) in [4.78, 5) is 44.9. The Labute approximate surface area is 170 Å². The molecule has 0 aliphatic heterocycles. The molecule has 2 amide bonds. The number of H-pyrrole nitrogens is 1. The lowest BCUT2D eigenvalue weighted by Gasteiger charge is -2.07. The van der Waals surface area contributed by atoms with E-state index in [0.29, 0.717) is 43.4 Å². The van der Waals surface area contributed by atoms with E-state index in [1.165, 1.54) is 10.4 Å². The Morgan fingerprint density at radius 2 is 2.11 bits per heavy atom. The first kappa shape index (κ1) is 20.7. The minimum absolute atomic E-state index is 0.0492. The molecule has 152 valence electrons. The number of hydrogen-bond acceptors (Lipinski definition) is 7. The molecule has 0 aromatic carbocycles. The Hall–Kier alpha value is -2.07. The molecule has 8 nitrogen and oxygen atoms in total. The average Bonchev–Trinajstić information content (AvgIpc) is 3.23. The van der Waals surface area contributed by atoms with Crippen molar-refractivity contribution in [3.63, 3.8) is 0 Å². The number of hydrogen-bond donors (Lipinski definition) is 3. The number of aromatic amines is 1. The van der Waals surface area contributed by atoms with E-state index in [2.05, 4.69) is 20.6 Å². The van der Waals surface area contributed by atoms with Crippen LogP contribution in [0.25, 0.3) is 10.2 Å². The van der Waals surface area contributed by atoms with Gasteiger partial charge >= 0.3 is 6.09 Å². The van der Waals surface area contributed by atoms with Crippen LogP contribution in [0, 0.1) is 0 Å². The van der Waals surface area contributed by atoms with Crippen LogP contribution in [0.2, 0.25) is 0 Å². The summed E-state index contributed by atoms with van der Waals surface area (Å²) >= 11 is 3.19. The maximum Gasteiger partial charge on any atom is 0.407 e. The number of amides is 2. The SMILES string of the molecule is CCOC(=O)NCCNC(=O)CCSCc1nc2sc3c(c2c(=O)[nH]1)CCC3. The van der Waals surface area contributed by atoms with Crippen molar-refractivity contribution in [1.29, 1.82) is 0 Å². The van der Waals surface area contributed by atoms with Gasteiger partial charge in [-0.1, -0.05) is 0 Å². The fourth-order valence-electron chi connectivity index (χ4n) is 3.09. The van der Waals surface area contributed by atoms with Crippen molar-refractivity contribution >= 4 is 45.3 Å². The number of carbonyl (C=O) groups is 2. The summed E-state index contributed by atoms with van der Waals surface area (Å²) in [5, 5.41) is 6.04. The van der Waals surface area contributed by atoms with Gasteiger partial charge in [-0.15, -0.1) is 11.3 Å². The third kappa shape index (κ3) is 5.26. The van der Waals surface area contributed by atoms with Crippen LogP contribution in [-0.4, -0.2) is 47.4 Å². The van der Waals surface area contributed by atoms with E-state index < -0.39 is 6.09 Å². The van der Waals surface area contributed by atoms with Crippen LogP contribution in [-0.2, 0) is 28.1 Å². The number of thioether (sulfide) groups is 1. The van der Waals surface area contributed by atoms with Crippen LogP contribution in [0.5, 0.6) is 0 Å². The highest BCUT2D eigenvalue weighted by Gasteiger charge is 2.21. The summed E-state index contributed by atoms with van der Waals surface area (Å²) in [6, 6.07) is 0. The van der Waals surface area contributed by atoms with Crippen LogP contribution in [0.3, 0.4) is 0 Å². The molecule has 3 N–H and O–H groups in total. The molecular weight excluding hydrogens is 400 g/mol. The van der Waals surface area contributed by atoms with E-state index in [0.717, 1.165) is 29.5 Å². The quantitative estimate of drug-likeness (QED) is 0.531. The number of aryl methyl sites for hydroxylation is 2. The van der Waals surface area contributed by atoms with Gasteiger partial charge in [0.15, 0.2) is 0 Å². The molecule has 2 aromatic heterocycles. The van der Waals surface area contributed by atoms with Gasteiger partial charge in [0, 0.05) is 30.1 Å². The summed E-state index contributed by atoms with van der Waals surface area (Å²) in [6.07, 6.45) is 3.02. The Kier molecular flexibility index (Phi) is 7.32. The molecule has 0 fully saturated rings. The van der Waals surface area contributed by atoms with Gasteiger partial charge in [0.2, 0.25) is 5.91 Å². The van der Waals surface area contributed by atoms with E-state index >= 15 is 0 Å². The molecule has 2 aromatic rings. The van der Waals surface area contributed by atoms with Crippen molar-refractivity contribution in [3.05, 3.63) is 26.6 Å². The number of rotatable bonds is 9. The predicted molar refractivity (Wildman–Crippen MR) is 111 cm³/mol. The molecule has 3 rings (SSSR count). The second-order valence-corrected chi connectivity index (χ2v) is 8.54. The van der Waals surface area contributed by atoms with Crippen molar-refractivity contribution in [2.45, 2.75) is 38.4 Å². The average molecular weight is 425 g/mol. The number of thiophene rings is 1. The standard InChI is InChI=1S/C18H24N4O4S2/c1-2-26-18(25)20-8-7-19-14(23)6-9-27-10-13-21-16(24)15-11-4-3-5-12(11)28-17(15)22-13/h2-10H2,1H3,(H,19,23)(H,20,25)(H,21,22,24). The number of fused-ring (bicyclic) bond motifs is 3. The molecular formula is C18H24N4O4S2. The van der Waals surface area contributed by atoms with E-state index in [9.17, 15) is 14.4 Å². The zero-order chi connectivity index (χ0) is 19.9. The van der Waals surface area contributed by atoms with Crippen molar-refractivity contribution in [2.75, 3.05) is 25.4 Å². The van der Waals surface area contributed by atoms with Crippen LogP contribution in [0.1, 0.15) is 36.0 Å². The first-order chi connectivity index (χ1) is 13.6. The van der Waals surface area contributed by atoms with Gasteiger partial charge in [-0.3, -0.25) is 9.59 Å². The molecule has 0 radical (unpaired) electrons. The molecule has 28 heavy (non-hydrogen) atoms. The van der Waals surface area contributed by atoms with Crippen molar-refractivity contribution in [3.8, 4) is 0 Å². The summed E-state index contributed by atoms with van der Waals surface area (Å²) in [5.74, 6) is 1.76. The minimum atomic E-state index is -0.485. The molecule has 0 bridgehead atoms. The van der Waals surface area contributed by atoms with E-state index in [-0.39, 0.29) is 11.5 Å². The van der Waals surface area contributed by atoms with Gasteiger partial charge in [0.1, 0.15) is 10.7 Å². The number of aromatic nitrogens is 2. The maximum atomic E-state index is 12.4. The van der Waals surface area contributed by atoms with Gasteiger partial charge in [-0.2, -0.15) is 11.8 Å². The highest BCUT2D eigenvalue weighted by molar-refractivity contribution is 7.98. The van der Waals surface area contributed by atoms with Gasteiger partial charge < -0.3 is 20.4 Å². The molecule has 1 aliphatic carbocycles. The Morgan fingerprint density at radius 3 is 2.93 bits per heavy atom. The second kappa shape index (κ2) is 9.92. The zero-order valence-electron chi connectivity index (χ0n) is 15.8. The summed E-state index contributed by atoms with van der Waals surface area (Å²) in [7, 11) is 0. The predicted octanol–water partition coefficient (Wildman–Crippen LogP) is 1.96. The Morgan fingerprint density at radius 1 is 1.29 bits per heavy atom. The molecule has 1 aliphatic rings. The Balaban J connectivity index is 1.38. The fraction of sp³-hybridized carbons (Fsp3) is 0.556. The smallest absolute Gasteiger partial charge is 0.407 e. The van der Waals surface area contributed by atoms with Crippen LogP contribution in [0.4, 0.5) is 4.79 Å². The molecule has 0 spiro atoms. The highest BCUT2D eigenvalue weighted by atomic mass is 32.2. The molecule has 2 heterocycles. The fourth-order valence-corrected chi connectivity index (χ4v) is 5.17. The monoisotopic (exact) mass is 424 g/mol. The van der Waals surface area contributed by atoms with Crippen LogP contribution in [0.15, 0.2) is 4.79 Å². The molecule has 10 heteroatoms. The van der Waals surface area contributed by atoms with Gasteiger partial charge in [0.05, 0.1) is 17.7 Å². The molecule has 0 saturated heterocycles. The summed E-state index contributed by atoms with van der Waals surface area (Å²) in [6.45, 7) is 2.73. The lowest BCUT2D eigenvalue weighted by Crippen LogP contribution is -2.35. The maximum absolute atomic E-state index is 12.4. The molecule has 0 unspecified atom stereocenters. The molecule has 0 atom stereocenters. The van der Waals surface area contributed by atoms with Crippen molar-refractivity contribution in [1.82, 2.24) is 20.6 Å². The topological polar surface area (TPSA) is 113 Å². The largest absolute Gasteiger partial charge is 0.450 e. The van der Waals surface area contributed by atoms with E-state index in [1.54, 1.807) is 30.0 Å². The lowest BCUT2D eigenvalue weighted by atomic mass is 10.2. The number of ether oxygens (including phenoxy) is 1. The van der Waals surface area contributed by atoms with Gasteiger partial charge in [-0.05, 0) is 31.7 Å². The van der Waals surface area contributed by atoms with E-state index in [1.807, 2.05) is 0 Å². The normalized spacial score (nSPS) is 12.8. The number of nitrogens with one attached hydrogen (secondary N) is 3. The molecule has 0 saturated carbocycles. The summed E-state index contributed by atoms with van der Waals surface area (Å²) < 4.78 is 4.73. The zero-order valence-corrected chi connectivity index (χ0v) is 17.4. The summed E-state index contributed by atoms with van der Waals surface area (Å²) in [5.41, 5.74) is 1.13. The first-order valence-corrected chi connectivity index (χ1v) is 11.3. The van der Waals surface area contributed by atoms with Crippen LogP contribution < -0.4 is 16.2 Å². The number of alkyl carbamates (subject to hydrolysis) is 1. The highest BCUT2D eigenvalue weighted by Crippen LogP contribution is 2.34. The third-order valence-electron chi connectivity index (χ3n) is 4.33. The van der Waals surface area contributed by atoms with E-state index in [4.69, 9.17) is 4.74 Å². The van der Waals surface area contributed by atoms with Crippen LogP contribution >= 0.6 is 23.1 Å². The Bertz CT molecular complexity index is 909. The van der Waals surface area contributed by atoms with Crippen molar-refractivity contribution in [2.24, 2.45) is 0 Å². The number of nitrogens with zero attached hydrogens (tertiary/aromatic N) is 1. The van der Waals surface area contributed by atoms with Gasteiger partial charge in [0.25, 0.3) is 5.56 Å². The lowest BCUT2D eigenvalue weighted by molar-refractivity contribution is -0.120. The van der Waals surface area contributed by atoms with Gasteiger partial charge in [-0.25, -0.2) is 9.78 Å². The van der Waals surface area contributed by atoms with Crippen molar-refractivity contribution < 1.29 is 14.3 Å². The second-order valence-electron chi connectivity index (χ2n) is 6.35. The minimum Gasteiger partial charge on any atom is -0.450 e. The first-order valence-electron chi connectivity index (χ1n) is 9.37. The third-order valence-corrected chi connectivity index (χ3v) is 6.48. The number of carbonyl (C=O) groups excluding carboxylic acids is 2.